The lowest BCUT2D eigenvalue weighted by molar-refractivity contribution is -0.138. The average Bonchev–Trinajstić information content (AvgIpc) is 3.44. The molecule has 0 bridgehead atoms. The highest BCUT2D eigenvalue weighted by molar-refractivity contribution is 6.05. The fourth-order valence-corrected chi connectivity index (χ4v) is 7.87. The van der Waals surface area contributed by atoms with Crippen LogP contribution in [0.1, 0.15) is 71.1 Å². The van der Waals surface area contributed by atoms with E-state index in [0.717, 1.165) is 49.3 Å². The number of imide groups is 1. The molecule has 1 atom stereocenters. The van der Waals surface area contributed by atoms with Gasteiger partial charge in [0.2, 0.25) is 18.2 Å². The smallest absolute Gasteiger partial charge is 0.371 e. The van der Waals surface area contributed by atoms with Crippen molar-refractivity contribution in [3.8, 4) is 0 Å². The van der Waals surface area contributed by atoms with Gasteiger partial charge in [-0.1, -0.05) is 24.3 Å². The number of aromatic nitrogens is 1. The number of rotatable bonds is 8. The number of nitrogens with one attached hydrogen (secondary N) is 2. The molecule has 51 heavy (non-hydrogen) atoms. The summed E-state index contributed by atoms with van der Waals surface area (Å²) in [6.45, 7) is 3.20. The Kier molecular flexibility index (Phi) is 9.46. The predicted octanol–water partition coefficient (Wildman–Crippen LogP) is 5.74. The van der Waals surface area contributed by atoms with Crippen LogP contribution >= 0.6 is 0 Å². The number of hydrogen-bond acceptors (Lipinski definition) is 7. The van der Waals surface area contributed by atoms with Crippen molar-refractivity contribution < 1.29 is 36.3 Å². The molecule has 3 amide bonds. The van der Waals surface area contributed by atoms with Gasteiger partial charge in [-0.15, -0.1) is 0 Å². The second-order valence-corrected chi connectivity index (χ2v) is 14.0. The van der Waals surface area contributed by atoms with E-state index in [-0.39, 0.29) is 55.9 Å². The van der Waals surface area contributed by atoms with Gasteiger partial charge in [0, 0.05) is 56.1 Å². The van der Waals surface area contributed by atoms with Gasteiger partial charge in [-0.05, 0) is 92.2 Å². The highest BCUT2D eigenvalue weighted by Crippen LogP contribution is 2.43. The zero-order chi connectivity index (χ0) is 35.9. The Labute approximate surface area is 292 Å². The molecule has 270 valence electrons. The summed E-state index contributed by atoms with van der Waals surface area (Å²) in [7, 11) is 0. The predicted molar refractivity (Wildman–Crippen MR) is 179 cm³/mol. The number of likely N-dealkylation sites (tertiary alicyclic amines) is 1. The lowest BCUT2D eigenvalue weighted by atomic mass is 9.72. The largest absolute Gasteiger partial charge is 0.416 e. The lowest BCUT2D eigenvalue weighted by Crippen LogP contribution is -2.52. The molecule has 0 spiro atoms. The van der Waals surface area contributed by atoms with Crippen LogP contribution in [0.25, 0.3) is 0 Å². The topological polar surface area (TPSA) is 97.9 Å². The van der Waals surface area contributed by atoms with Gasteiger partial charge in [0.1, 0.15) is 11.9 Å². The second kappa shape index (κ2) is 13.9. The molecule has 5 heterocycles. The molecule has 9 nitrogen and oxygen atoms in total. The summed E-state index contributed by atoms with van der Waals surface area (Å²) in [5.41, 5.74) is 1.58. The number of pyridine rings is 1. The van der Waals surface area contributed by atoms with Gasteiger partial charge in [-0.25, -0.2) is 13.8 Å². The van der Waals surface area contributed by atoms with Crippen LogP contribution in [0.5, 0.6) is 0 Å². The first-order valence-corrected chi connectivity index (χ1v) is 17.3. The number of carbonyl (C=O) groups is 3. The molecule has 4 aliphatic rings. The van der Waals surface area contributed by atoms with Crippen molar-refractivity contribution in [3.63, 3.8) is 0 Å². The van der Waals surface area contributed by atoms with Crippen molar-refractivity contribution in [1.29, 1.82) is 0 Å². The third-order valence-corrected chi connectivity index (χ3v) is 10.9. The molecule has 0 aliphatic carbocycles. The van der Waals surface area contributed by atoms with E-state index in [2.05, 4.69) is 37.6 Å². The SMILES string of the molecule is O=C1CCC(N2Cc3cc(C4(C(F)F)CCN(Cc5ccc(N6CCC(Nc7cc(C(F)(F)F)ccn7)CC6)cc5)CC4)ccc3C2=O)C(=O)N1. The van der Waals surface area contributed by atoms with Gasteiger partial charge in [-0.2, -0.15) is 13.2 Å². The summed E-state index contributed by atoms with van der Waals surface area (Å²) < 4.78 is 69.0. The Morgan fingerprint density at radius 3 is 2.31 bits per heavy atom. The molecule has 14 heteroatoms. The number of halogens is 5. The van der Waals surface area contributed by atoms with Gasteiger partial charge in [0.25, 0.3) is 5.91 Å². The minimum Gasteiger partial charge on any atom is -0.371 e. The first-order valence-electron chi connectivity index (χ1n) is 17.3. The standard InChI is InChI=1S/C37H39F5N6O3/c38-35(39)36(25-3-6-29-24(19-25)22-48(34(29)51)30-7-8-32(49)45-33(30)50)12-17-46(18-13-36)21-23-1-4-28(5-2-23)47-15-10-27(11-16-47)44-31-20-26(9-14-43-31)37(40,41)42/h1-6,9,14,19-20,27,30,35H,7-8,10-13,15-18,21-22H2,(H,43,44)(H,45,49,50). The van der Waals surface area contributed by atoms with E-state index in [4.69, 9.17) is 0 Å². The minimum atomic E-state index is -4.42. The Balaban J connectivity index is 0.926. The summed E-state index contributed by atoms with van der Waals surface area (Å²) in [6.07, 6.45) is -3.46. The molecule has 0 radical (unpaired) electrons. The first-order chi connectivity index (χ1) is 24.4. The summed E-state index contributed by atoms with van der Waals surface area (Å²) in [4.78, 5) is 47.1. The van der Waals surface area contributed by atoms with E-state index in [1.165, 1.54) is 11.1 Å². The quantitative estimate of drug-likeness (QED) is 0.228. The van der Waals surface area contributed by atoms with Crippen molar-refractivity contribution in [1.82, 2.24) is 20.1 Å². The molecule has 7 rings (SSSR count). The first kappa shape index (κ1) is 34.8. The molecular weight excluding hydrogens is 671 g/mol. The van der Waals surface area contributed by atoms with Crippen LogP contribution in [0.15, 0.2) is 60.8 Å². The number of amides is 3. The Hall–Kier alpha value is -4.59. The van der Waals surface area contributed by atoms with E-state index in [1.807, 2.05) is 12.1 Å². The van der Waals surface area contributed by atoms with Crippen LogP contribution in [-0.4, -0.2) is 77.2 Å². The monoisotopic (exact) mass is 710 g/mol. The van der Waals surface area contributed by atoms with Gasteiger partial charge in [0.05, 0.1) is 11.0 Å². The third-order valence-electron chi connectivity index (χ3n) is 10.9. The number of fused-ring (bicyclic) bond motifs is 1. The molecule has 3 aromatic rings. The van der Waals surface area contributed by atoms with E-state index in [9.17, 15) is 36.3 Å². The fraction of sp³-hybridized carbons (Fsp3) is 0.459. The average molecular weight is 711 g/mol. The molecule has 2 N–H and O–H groups in total. The molecule has 1 aromatic heterocycles. The van der Waals surface area contributed by atoms with E-state index < -0.39 is 35.5 Å². The van der Waals surface area contributed by atoms with Gasteiger partial charge in [0.15, 0.2) is 0 Å². The van der Waals surface area contributed by atoms with Crippen molar-refractivity contribution >= 4 is 29.2 Å². The van der Waals surface area contributed by atoms with Crippen LogP contribution in [0.3, 0.4) is 0 Å². The number of benzene rings is 2. The Morgan fingerprint density at radius 2 is 1.65 bits per heavy atom. The summed E-state index contributed by atoms with van der Waals surface area (Å²) in [6, 6.07) is 14.4. The van der Waals surface area contributed by atoms with Crippen molar-refractivity contribution in [2.75, 3.05) is 36.4 Å². The maximum absolute atomic E-state index is 14.9. The van der Waals surface area contributed by atoms with Crippen molar-refractivity contribution in [2.45, 2.75) is 81.7 Å². The molecule has 0 saturated carbocycles. The van der Waals surface area contributed by atoms with Gasteiger partial charge in [-0.3, -0.25) is 24.6 Å². The highest BCUT2D eigenvalue weighted by atomic mass is 19.4. The minimum absolute atomic E-state index is 0.0165. The summed E-state index contributed by atoms with van der Waals surface area (Å²) in [5.74, 6) is -0.986. The Morgan fingerprint density at radius 1 is 0.922 bits per heavy atom. The third kappa shape index (κ3) is 7.15. The van der Waals surface area contributed by atoms with Crippen molar-refractivity contribution in [2.24, 2.45) is 0 Å². The molecule has 1 unspecified atom stereocenters. The van der Waals surface area contributed by atoms with Crippen LogP contribution in [0.2, 0.25) is 0 Å². The van der Waals surface area contributed by atoms with Crippen LogP contribution in [0.4, 0.5) is 33.5 Å². The number of hydrogen-bond donors (Lipinski definition) is 2. The molecule has 3 saturated heterocycles. The maximum atomic E-state index is 14.9. The van der Waals surface area contributed by atoms with E-state index >= 15 is 0 Å². The highest BCUT2D eigenvalue weighted by Gasteiger charge is 2.46. The Bertz CT molecular complexity index is 1790. The molecular formula is C37H39F5N6O3. The summed E-state index contributed by atoms with van der Waals surface area (Å²) >= 11 is 0. The molecule has 3 fully saturated rings. The van der Waals surface area contributed by atoms with Gasteiger partial charge < -0.3 is 15.1 Å². The molecule has 4 aliphatic heterocycles. The zero-order valence-electron chi connectivity index (χ0n) is 27.9. The maximum Gasteiger partial charge on any atom is 0.416 e. The van der Waals surface area contributed by atoms with Crippen LogP contribution in [0, 0.1) is 0 Å². The normalized spacial score (nSPS) is 21.6. The fourth-order valence-electron chi connectivity index (χ4n) is 7.87. The van der Waals surface area contributed by atoms with E-state index in [0.29, 0.717) is 36.3 Å². The molecule has 2 aromatic carbocycles. The number of anilines is 2. The number of alkyl halides is 5. The van der Waals surface area contributed by atoms with Crippen LogP contribution in [-0.2, 0) is 34.3 Å². The zero-order valence-corrected chi connectivity index (χ0v) is 27.9. The summed E-state index contributed by atoms with van der Waals surface area (Å²) in [5, 5.41) is 5.43. The van der Waals surface area contributed by atoms with Crippen molar-refractivity contribution in [3.05, 3.63) is 88.6 Å². The lowest BCUT2D eigenvalue weighted by Gasteiger charge is -2.42. The van der Waals surface area contributed by atoms with Gasteiger partial charge >= 0.3 is 6.18 Å². The van der Waals surface area contributed by atoms with E-state index in [1.54, 1.807) is 18.2 Å². The van der Waals surface area contributed by atoms with Crippen LogP contribution < -0.4 is 15.5 Å². The number of nitrogens with zero attached hydrogens (tertiary/aromatic N) is 4. The second-order valence-electron chi connectivity index (χ2n) is 14.0. The number of piperidine rings is 3. The number of carbonyl (C=O) groups excluding carboxylic acids is 3.